The summed E-state index contributed by atoms with van der Waals surface area (Å²) in [5.74, 6) is -0.513. The molecule has 56 heavy (non-hydrogen) atoms. The number of ether oxygens (including phenoxy) is 2. The zero-order valence-corrected chi connectivity index (χ0v) is 32.6. The van der Waals surface area contributed by atoms with Crippen LogP contribution in [-0.4, -0.2) is 138 Å². The van der Waals surface area contributed by atoms with Gasteiger partial charge in [0, 0.05) is 89.2 Å². The van der Waals surface area contributed by atoms with Gasteiger partial charge in [-0.1, -0.05) is 29.8 Å². The number of nitrogens with two attached hydrogens (primary N) is 1. The number of para-hydroxylation sites is 1. The van der Waals surface area contributed by atoms with Gasteiger partial charge in [-0.25, -0.2) is 9.59 Å². The fraction of sp³-hybridized carbons (Fsp3) is 0.590. The van der Waals surface area contributed by atoms with E-state index in [1.165, 1.54) is 11.0 Å². The number of nitrogens with zero attached hydrogens (tertiary/aromatic N) is 5. The van der Waals surface area contributed by atoms with Crippen molar-refractivity contribution < 1.29 is 41.8 Å². The van der Waals surface area contributed by atoms with Crippen LogP contribution >= 0.6 is 11.6 Å². The molecule has 0 bridgehead atoms. The highest BCUT2D eigenvalue weighted by Crippen LogP contribution is 2.38. The molecule has 4 amide bonds. The van der Waals surface area contributed by atoms with Gasteiger partial charge in [0.25, 0.3) is 5.91 Å². The van der Waals surface area contributed by atoms with Gasteiger partial charge >= 0.3 is 18.3 Å². The molecule has 0 spiro atoms. The van der Waals surface area contributed by atoms with Crippen LogP contribution in [0.1, 0.15) is 56.2 Å². The van der Waals surface area contributed by atoms with Crippen LogP contribution in [0.5, 0.6) is 0 Å². The van der Waals surface area contributed by atoms with Gasteiger partial charge in [0.15, 0.2) is 18.6 Å². The zero-order valence-electron chi connectivity index (χ0n) is 31.9. The summed E-state index contributed by atoms with van der Waals surface area (Å²) in [5, 5.41) is 2.67. The first-order valence-electron chi connectivity index (χ1n) is 19.3. The second-order valence-corrected chi connectivity index (χ2v) is 15.6. The summed E-state index contributed by atoms with van der Waals surface area (Å²) in [6, 6.07) is 9.45. The molecular weight excluding hydrogens is 755 g/mol. The van der Waals surface area contributed by atoms with E-state index in [1.54, 1.807) is 9.80 Å². The molecule has 4 heterocycles. The lowest BCUT2D eigenvalue weighted by atomic mass is 9.87. The van der Waals surface area contributed by atoms with E-state index in [4.69, 9.17) is 26.8 Å². The molecule has 3 N–H and O–H groups in total. The maximum atomic E-state index is 14.2. The average Bonchev–Trinajstić information content (AvgIpc) is 3.35. The topological polar surface area (TPSA) is 141 Å². The van der Waals surface area contributed by atoms with E-state index in [9.17, 15) is 32.3 Å². The van der Waals surface area contributed by atoms with Gasteiger partial charge in [0.1, 0.15) is 0 Å². The number of urea groups is 1. The minimum Gasteiger partial charge on any atom is -0.436 e. The molecule has 0 aliphatic carbocycles. The van der Waals surface area contributed by atoms with Crippen molar-refractivity contribution in [3.05, 3.63) is 58.1 Å². The summed E-state index contributed by atoms with van der Waals surface area (Å²) in [6.45, 7) is 8.60. The molecule has 0 radical (unpaired) electrons. The molecule has 0 saturated carbocycles. The first kappa shape index (κ1) is 41.5. The normalized spacial score (nSPS) is 21.1. The molecule has 2 aromatic carbocycles. The molecule has 3 fully saturated rings. The standard InChI is InChI=1S/C39H51ClF3N7O6/c1-3-55-33(25-51)46-16-11-38(2,12-17-46)49-20-18-47(19-21-49)35(52)32(24-26-22-29(39(41,42)43)34(44)30(40)23-26)56-37(54)48-13-9-28(10-14-48)50-15-8-27-6-4-5-7-31(27)45-36(50)53/h4-7,22-23,25,28,32-33H,3,8-21,24,44H2,1-2H3,(H,45,53). The van der Waals surface area contributed by atoms with Crippen LogP contribution in [0, 0.1) is 0 Å². The number of rotatable bonds is 10. The van der Waals surface area contributed by atoms with E-state index in [0.29, 0.717) is 71.7 Å². The number of alkyl halides is 3. The lowest BCUT2D eigenvalue weighted by Gasteiger charge is -2.50. The lowest BCUT2D eigenvalue weighted by molar-refractivity contribution is -0.145. The molecule has 3 saturated heterocycles. The first-order valence-corrected chi connectivity index (χ1v) is 19.7. The highest BCUT2D eigenvalue weighted by atomic mass is 35.5. The van der Waals surface area contributed by atoms with E-state index >= 15 is 0 Å². The number of fused-ring (bicyclic) bond motifs is 1. The molecule has 2 atom stereocenters. The van der Waals surface area contributed by atoms with E-state index in [-0.39, 0.29) is 47.7 Å². The van der Waals surface area contributed by atoms with Crippen LogP contribution < -0.4 is 11.1 Å². The molecule has 0 aromatic heterocycles. The van der Waals surface area contributed by atoms with Crippen LogP contribution in [0.2, 0.25) is 5.02 Å². The summed E-state index contributed by atoms with van der Waals surface area (Å²) in [5.41, 5.74) is 5.64. The van der Waals surface area contributed by atoms with Crippen molar-refractivity contribution in [2.75, 3.05) is 76.6 Å². The van der Waals surface area contributed by atoms with E-state index < -0.39 is 41.8 Å². The van der Waals surface area contributed by atoms with Crippen molar-refractivity contribution >= 4 is 47.3 Å². The van der Waals surface area contributed by atoms with Crippen LogP contribution in [-0.2, 0) is 38.1 Å². The van der Waals surface area contributed by atoms with Crippen molar-refractivity contribution in [2.24, 2.45) is 0 Å². The third-order valence-corrected chi connectivity index (χ3v) is 12.1. The average molecular weight is 806 g/mol. The zero-order chi connectivity index (χ0) is 40.2. The van der Waals surface area contributed by atoms with Crippen LogP contribution in [0.3, 0.4) is 0 Å². The van der Waals surface area contributed by atoms with Crippen LogP contribution in [0.15, 0.2) is 36.4 Å². The number of hydrogen-bond donors (Lipinski definition) is 2. The first-order chi connectivity index (χ1) is 26.7. The van der Waals surface area contributed by atoms with E-state index in [0.717, 1.165) is 36.4 Å². The van der Waals surface area contributed by atoms with Gasteiger partial charge in [-0.2, -0.15) is 13.2 Å². The third-order valence-electron chi connectivity index (χ3n) is 11.8. The second kappa shape index (κ2) is 17.6. The van der Waals surface area contributed by atoms with Crippen molar-refractivity contribution in [1.29, 1.82) is 0 Å². The summed E-state index contributed by atoms with van der Waals surface area (Å²) >= 11 is 6.14. The Morgan fingerprint density at radius 1 is 1.02 bits per heavy atom. The van der Waals surface area contributed by atoms with Gasteiger partial charge in [-0.3, -0.25) is 19.4 Å². The summed E-state index contributed by atoms with van der Waals surface area (Å²) < 4.78 is 53.2. The molecule has 2 aromatic rings. The highest BCUT2D eigenvalue weighted by Gasteiger charge is 2.41. The number of piperazine rings is 1. The van der Waals surface area contributed by atoms with E-state index in [2.05, 4.69) is 17.1 Å². The number of benzene rings is 2. The molecule has 6 rings (SSSR count). The van der Waals surface area contributed by atoms with Crippen molar-refractivity contribution in [2.45, 2.75) is 82.5 Å². The van der Waals surface area contributed by atoms with Gasteiger partial charge in [0.2, 0.25) is 0 Å². The van der Waals surface area contributed by atoms with Crippen LogP contribution in [0.25, 0.3) is 0 Å². The Balaban J connectivity index is 1.11. The number of nitrogens with one attached hydrogen (secondary N) is 1. The maximum absolute atomic E-state index is 14.2. The largest absolute Gasteiger partial charge is 0.436 e. The molecule has 2 unspecified atom stereocenters. The van der Waals surface area contributed by atoms with Crippen molar-refractivity contribution in [3.8, 4) is 0 Å². The summed E-state index contributed by atoms with van der Waals surface area (Å²) in [4.78, 5) is 61.8. The Kier molecular flexibility index (Phi) is 13.0. The van der Waals surface area contributed by atoms with Crippen LogP contribution in [0.4, 0.5) is 34.1 Å². The lowest BCUT2D eigenvalue weighted by Crippen LogP contribution is -2.61. The molecule has 4 aliphatic rings. The number of halogens is 4. The molecule has 13 nitrogen and oxygen atoms in total. The molecule has 4 aliphatic heterocycles. The number of amides is 4. The fourth-order valence-electron chi connectivity index (χ4n) is 8.36. The molecule has 306 valence electrons. The van der Waals surface area contributed by atoms with Gasteiger partial charge in [-0.15, -0.1) is 0 Å². The Hall–Kier alpha value is -4.12. The Morgan fingerprint density at radius 3 is 2.34 bits per heavy atom. The number of anilines is 2. The smallest absolute Gasteiger partial charge is 0.418 e. The molecular formula is C39H51ClF3N7O6. The Labute approximate surface area is 330 Å². The van der Waals surface area contributed by atoms with Gasteiger partial charge in [-0.05, 0) is 75.3 Å². The van der Waals surface area contributed by atoms with E-state index in [1.807, 2.05) is 36.1 Å². The minimum absolute atomic E-state index is 0.0492. The highest BCUT2D eigenvalue weighted by molar-refractivity contribution is 6.33. The predicted molar refractivity (Wildman–Crippen MR) is 204 cm³/mol. The number of carbonyl (C=O) groups excluding carboxylic acids is 4. The number of carbonyl (C=O) groups is 4. The van der Waals surface area contributed by atoms with Gasteiger partial charge < -0.3 is 35.2 Å². The number of hydrogen-bond acceptors (Lipinski definition) is 9. The monoisotopic (exact) mass is 805 g/mol. The number of likely N-dealkylation sites (tertiary alicyclic amines) is 2. The number of piperidine rings is 2. The SMILES string of the molecule is CCOC(C=O)N1CCC(C)(N2CCN(C(=O)C(Cc3cc(Cl)c(N)c(C(F)(F)F)c3)OC(=O)N3CCC(N4CCc5ccccc5NC4=O)CC3)CC2)CC1. The van der Waals surface area contributed by atoms with Crippen molar-refractivity contribution in [3.63, 3.8) is 0 Å². The number of aldehydes is 1. The maximum Gasteiger partial charge on any atom is 0.418 e. The third kappa shape index (κ3) is 9.35. The van der Waals surface area contributed by atoms with Gasteiger partial charge in [0.05, 0.1) is 16.3 Å². The Bertz CT molecular complexity index is 1740. The molecule has 17 heteroatoms. The number of nitrogen functional groups attached to an aromatic ring is 1. The fourth-order valence-corrected chi connectivity index (χ4v) is 8.60. The minimum atomic E-state index is -4.79. The Morgan fingerprint density at radius 2 is 1.70 bits per heavy atom. The quantitative estimate of drug-likeness (QED) is 0.248. The summed E-state index contributed by atoms with van der Waals surface area (Å²) in [6.07, 6.45) is -3.83. The summed E-state index contributed by atoms with van der Waals surface area (Å²) in [7, 11) is 0. The predicted octanol–water partition coefficient (Wildman–Crippen LogP) is 5.10. The second-order valence-electron chi connectivity index (χ2n) is 15.2. The van der Waals surface area contributed by atoms with Crippen molar-refractivity contribution in [1.82, 2.24) is 24.5 Å².